The SMILES string of the molecule is Cc1ccc2[nH]nc(C(=O)N3CC[C@H](N4CCN(C)CC4)[C@H](CCCO)C3)c2c1. The summed E-state index contributed by atoms with van der Waals surface area (Å²) in [5, 5.41) is 17.6. The number of hydrogen-bond donors (Lipinski definition) is 2. The fourth-order valence-electron chi connectivity index (χ4n) is 4.92. The van der Waals surface area contributed by atoms with Gasteiger partial charge in [-0.25, -0.2) is 0 Å². The van der Waals surface area contributed by atoms with Crippen molar-refractivity contribution < 1.29 is 9.90 Å². The van der Waals surface area contributed by atoms with Crippen LogP contribution in [0.25, 0.3) is 10.9 Å². The molecule has 0 bridgehead atoms. The molecule has 2 aromatic rings. The highest BCUT2D eigenvalue weighted by molar-refractivity contribution is 6.04. The normalized spacial score (nSPS) is 24.3. The van der Waals surface area contributed by atoms with Gasteiger partial charge in [-0.05, 0) is 51.3 Å². The van der Waals surface area contributed by atoms with Crippen molar-refractivity contribution in [3.05, 3.63) is 29.5 Å². The number of carbonyl (C=O) groups excluding carboxylic acids is 1. The fourth-order valence-corrected chi connectivity index (χ4v) is 4.92. The molecule has 3 heterocycles. The van der Waals surface area contributed by atoms with Gasteiger partial charge in [-0.2, -0.15) is 5.10 Å². The Kier molecular flexibility index (Phi) is 6.18. The first kappa shape index (κ1) is 20.3. The molecule has 158 valence electrons. The number of piperidine rings is 1. The number of hydrogen-bond acceptors (Lipinski definition) is 5. The van der Waals surface area contributed by atoms with E-state index in [0.29, 0.717) is 17.7 Å². The number of likely N-dealkylation sites (N-methyl/N-ethyl adjacent to an activating group) is 1. The lowest BCUT2D eigenvalue weighted by Crippen LogP contribution is -2.57. The summed E-state index contributed by atoms with van der Waals surface area (Å²) in [5.41, 5.74) is 2.56. The largest absolute Gasteiger partial charge is 0.396 e. The molecule has 0 saturated carbocycles. The molecule has 0 spiro atoms. The standard InChI is InChI=1S/C22H33N5O2/c1-16-5-6-19-18(14-16)21(24-23-19)22(29)27-8-7-20(17(15-27)4-3-13-28)26-11-9-25(2)10-12-26/h5-6,14,17,20,28H,3-4,7-13,15H2,1-2H3,(H,23,24)/t17-,20+/m1/s1. The van der Waals surface area contributed by atoms with E-state index < -0.39 is 0 Å². The number of nitrogens with one attached hydrogen (secondary N) is 1. The molecule has 0 aliphatic carbocycles. The Morgan fingerprint density at radius 1 is 1.24 bits per heavy atom. The molecule has 2 atom stereocenters. The number of benzene rings is 1. The number of H-pyrrole nitrogens is 1. The molecule has 4 rings (SSSR count). The number of aromatic nitrogens is 2. The minimum Gasteiger partial charge on any atom is -0.396 e. The van der Waals surface area contributed by atoms with Crippen LogP contribution in [0.5, 0.6) is 0 Å². The molecule has 2 fully saturated rings. The van der Waals surface area contributed by atoms with Crippen molar-refractivity contribution in [1.82, 2.24) is 24.9 Å². The van der Waals surface area contributed by atoms with Crippen LogP contribution in [0.3, 0.4) is 0 Å². The number of piperazine rings is 1. The van der Waals surface area contributed by atoms with Crippen LogP contribution in [-0.2, 0) is 0 Å². The number of aliphatic hydroxyl groups is 1. The quantitative estimate of drug-likeness (QED) is 0.801. The lowest BCUT2D eigenvalue weighted by atomic mass is 9.86. The van der Waals surface area contributed by atoms with Gasteiger partial charge < -0.3 is 14.9 Å². The predicted molar refractivity (Wildman–Crippen MR) is 114 cm³/mol. The molecule has 0 unspecified atom stereocenters. The van der Waals surface area contributed by atoms with Crippen LogP contribution in [0.2, 0.25) is 0 Å². The molecule has 2 saturated heterocycles. The van der Waals surface area contributed by atoms with Gasteiger partial charge in [0, 0.05) is 57.3 Å². The van der Waals surface area contributed by atoms with E-state index in [9.17, 15) is 9.90 Å². The Morgan fingerprint density at radius 2 is 2.03 bits per heavy atom. The molecule has 1 aromatic heterocycles. The van der Waals surface area contributed by atoms with Gasteiger partial charge in [-0.3, -0.25) is 14.8 Å². The molecule has 2 N–H and O–H groups in total. The molecule has 0 radical (unpaired) electrons. The van der Waals surface area contributed by atoms with E-state index in [0.717, 1.165) is 75.0 Å². The highest BCUT2D eigenvalue weighted by Gasteiger charge is 2.36. The Labute approximate surface area is 172 Å². The Balaban J connectivity index is 1.50. The van der Waals surface area contributed by atoms with E-state index >= 15 is 0 Å². The Bertz CT molecular complexity index is 843. The number of fused-ring (bicyclic) bond motifs is 1. The third-order valence-electron chi connectivity index (χ3n) is 6.64. The second kappa shape index (κ2) is 8.81. The van der Waals surface area contributed by atoms with Crippen LogP contribution in [0.4, 0.5) is 0 Å². The molecule has 29 heavy (non-hydrogen) atoms. The lowest BCUT2D eigenvalue weighted by Gasteiger charge is -2.46. The van der Waals surface area contributed by atoms with Crippen molar-refractivity contribution in [2.75, 3.05) is 52.9 Å². The molecule has 1 amide bonds. The summed E-state index contributed by atoms with van der Waals surface area (Å²) >= 11 is 0. The maximum atomic E-state index is 13.3. The van der Waals surface area contributed by atoms with Gasteiger partial charge in [0.05, 0.1) is 5.52 Å². The highest BCUT2D eigenvalue weighted by Crippen LogP contribution is 2.29. The Morgan fingerprint density at radius 3 is 2.79 bits per heavy atom. The number of nitrogens with zero attached hydrogens (tertiary/aromatic N) is 4. The van der Waals surface area contributed by atoms with Crippen LogP contribution in [0.15, 0.2) is 18.2 Å². The van der Waals surface area contributed by atoms with E-state index in [1.54, 1.807) is 0 Å². The summed E-state index contributed by atoms with van der Waals surface area (Å²) in [7, 11) is 2.18. The molecule has 2 aliphatic rings. The maximum Gasteiger partial charge on any atom is 0.275 e. The summed E-state index contributed by atoms with van der Waals surface area (Å²) < 4.78 is 0. The number of aliphatic hydroxyl groups excluding tert-OH is 1. The second-order valence-electron chi connectivity index (χ2n) is 8.69. The van der Waals surface area contributed by atoms with E-state index in [1.165, 1.54) is 0 Å². The van der Waals surface area contributed by atoms with Gasteiger partial charge in [0.2, 0.25) is 0 Å². The molecular weight excluding hydrogens is 366 g/mol. The van der Waals surface area contributed by atoms with Crippen LogP contribution in [0.1, 0.15) is 35.3 Å². The molecule has 1 aromatic carbocycles. The van der Waals surface area contributed by atoms with Gasteiger partial charge in [-0.15, -0.1) is 0 Å². The first-order valence-corrected chi connectivity index (χ1v) is 10.8. The summed E-state index contributed by atoms with van der Waals surface area (Å²) in [4.78, 5) is 20.3. The topological polar surface area (TPSA) is 75.7 Å². The van der Waals surface area contributed by atoms with Crippen molar-refractivity contribution in [3.8, 4) is 0 Å². The molecule has 7 nitrogen and oxygen atoms in total. The van der Waals surface area contributed by atoms with E-state index in [2.05, 4.69) is 27.0 Å². The first-order valence-electron chi connectivity index (χ1n) is 10.8. The van der Waals surface area contributed by atoms with Crippen molar-refractivity contribution in [2.24, 2.45) is 5.92 Å². The zero-order valence-electron chi connectivity index (χ0n) is 17.6. The van der Waals surface area contributed by atoms with Gasteiger partial charge in [-0.1, -0.05) is 11.6 Å². The summed E-state index contributed by atoms with van der Waals surface area (Å²) in [6.45, 7) is 8.15. The van der Waals surface area contributed by atoms with Gasteiger partial charge in [0.15, 0.2) is 5.69 Å². The molecular formula is C22H33N5O2. The first-order chi connectivity index (χ1) is 14.1. The summed E-state index contributed by atoms with van der Waals surface area (Å²) in [6.07, 6.45) is 2.74. The number of carbonyl (C=O) groups is 1. The van der Waals surface area contributed by atoms with Gasteiger partial charge in [0.25, 0.3) is 5.91 Å². The van der Waals surface area contributed by atoms with Crippen molar-refractivity contribution in [1.29, 1.82) is 0 Å². The van der Waals surface area contributed by atoms with E-state index in [4.69, 9.17) is 0 Å². The minimum absolute atomic E-state index is 0.0210. The van der Waals surface area contributed by atoms with E-state index in [1.807, 2.05) is 30.0 Å². The van der Waals surface area contributed by atoms with Gasteiger partial charge >= 0.3 is 0 Å². The predicted octanol–water partition coefficient (Wildman–Crippen LogP) is 1.72. The van der Waals surface area contributed by atoms with Crippen LogP contribution < -0.4 is 0 Å². The van der Waals surface area contributed by atoms with Crippen molar-refractivity contribution in [3.63, 3.8) is 0 Å². The minimum atomic E-state index is 0.0210. The number of likely N-dealkylation sites (tertiary alicyclic amines) is 1. The van der Waals surface area contributed by atoms with Crippen molar-refractivity contribution >= 4 is 16.8 Å². The number of amides is 1. The number of aryl methyl sites for hydroxylation is 1. The van der Waals surface area contributed by atoms with Crippen molar-refractivity contribution in [2.45, 2.75) is 32.2 Å². The zero-order chi connectivity index (χ0) is 20.4. The highest BCUT2D eigenvalue weighted by atomic mass is 16.3. The maximum absolute atomic E-state index is 13.3. The van der Waals surface area contributed by atoms with E-state index in [-0.39, 0.29) is 12.5 Å². The second-order valence-corrected chi connectivity index (χ2v) is 8.69. The summed E-state index contributed by atoms with van der Waals surface area (Å²) in [6, 6.07) is 6.54. The average Bonchev–Trinajstić information content (AvgIpc) is 3.15. The lowest BCUT2D eigenvalue weighted by molar-refractivity contribution is 0.0216. The molecule has 7 heteroatoms. The van der Waals surface area contributed by atoms with Crippen LogP contribution in [0, 0.1) is 12.8 Å². The number of rotatable bonds is 5. The zero-order valence-corrected chi connectivity index (χ0v) is 17.6. The average molecular weight is 400 g/mol. The smallest absolute Gasteiger partial charge is 0.275 e. The summed E-state index contributed by atoms with van der Waals surface area (Å²) in [5.74, 6) is 0.419. The van der Waals surface area contributed by atoms with Gasteiger partial charge in [0.1, 0.15) is 0 Å². The Hall–Kier alpha value is -1.96. The number of aromatic amines is 1. The van der Waals surface area contributed by atoms with Crippen LogP contribution in [-0.4, -0.2) is 94.9 Å². The third kappa shape index (κ3) is 4.32. The molecule has 2 aliphatic heterocycles. The fraction of sp³-hybridized carbons (Fsp3) is 0.636. The van der Waals surface area contributed by atoms with Crippen LogP contribution >= 0.6 is 0 Å². The monoisotopic (exact) mass is 399 g/mol. The third-order valence-corrected chi connectivity index (χ3v) is 6.64.